The zero-order valence-electron chi connectivity index (χ0n) is 10.2. The summed E-state index contributed by atoms with van der Waals surface area (Å²) in [6, 6.07) is 0. The molecule has 1 N–H and O–H groups in total. The molecule has 0 unspecified atom stereocenters. The van der Waals surface area contributed by atoms with Crippen LogP contribution in [0.4, 0.5) is 0 Å². The summed E-state index contributed by atoms with van der Waals surface area (Å²) in [4.78, 5) is 11.2. The molecule has 0 atom stereocenters. The van der Waals surface area contributed by atoms with Gasteiger partial charge in [0.05, 0.1) is 12.2 Å². The summed E-state index contributed by atoms with van der Waals surface area (Å²) < 4.78 is 29.5. The topological polar surface area (TPSA) is 83.9 Å². The second-order valence-corrected chi connectivity index (χ2v) is 6.43. The molecule has 1 heterocycles. The van der Waals surface area contributed by atoms with Crippen LogP contribution in [-0.4, -0.2) is 54.8 Å². The maximum absolute atomic E-state index is 11.8. The third kappa shape index (κ3) is 4.25. The maximum atomic E-state index is 11.8. The number of carbonyl (C=O) groups is 1. The highest BCUT2D eigenvalue weighted by Gasteiger charge is 2.34. The van der Waals surface area contributed by atoms with E-state index in [4.69, 9.17) is 0 Å². The van der Waals surface area contributed by atoms with Gasteiger partial charge in [0.1, 0.15) is 0 Å². The Hall–Kier alpha value is -0.660. The lowest BCUT2D eigenvalue weighted by Gasteiger charge is -2.34. The van der Waals surface area contributed by atoms with E-state index in [2.05, 4.69) is 4.74 Å². The summed E-state index contributed by atoms with van der Waals surface area (Å²) in [5.41, 5.74) is -0.810. The normalized spacial score (nSPS) is 21.1. The second kappa shape index (κ2) is 5.32. The monoisotopic (exact) mass is 265 g/mol. The average Bonchev–Trinajstić information content (AvgIpc) is 2.16. The van der Waals surface area contributed by atoms with Crippen LogP contribution in [0.3, 0.4) is 0 Å². The number of hydrogen-bond donors (Lipinski definition) is 1. The second-order valence-electron chi connectivity index (χ2n) is 4.46. The van der Waals surface area contributed by atoms with E-state index in [0.29, 0.717) is 12.8 Å². The van der Waals surface area contributed by atoms with Gasteiger partial charge in [-0.3, -0.25) is 4.79 Å². The fraction of sp³-hybridized carbons (Fsp3) is 0.900. The predicted molar refractivity (Wildman–Crippen MR) is 61.9 cm³/mol. The Morgan fingerprint density at radius 2 is 1.94 bits per heavy atom. The summed E-state index contributed by atoms with van der Waals surface area (Å²) in [5.74, 6) is -1.35. The average molecular weight is 265 g/mol. The van der Waals surface area contributed by atoms with Gasteiger partial charge in [-0.2, -0.15) is 0 Å². The molecule has 1 saturated heterocycles. The lowest BCUT2D eigenvalue weighted by molar-refractivity contribution is -0.140. The first-order chi connectivity index (χ1) is 7.77. The number of nitrogens with zero attached hydrogens (tertiary/aromatic N) is 1. The Kier molecular flexibility index (Phi) is 4.51. The SMILES string of the molecule is CCOC(=O)CS(=O)(=O)N1CCC(C)(O)CC1. The number of carbonyl (C=O) groups excluding carboxylic acids is 1. The first-order valence-electron chi connectivity index (χ1n) is 5.63. The summed E-state index contributed by atoms with van der Waals surface area (Å²) in [7, 11) is -3.61. The number of piperidine rings is 1. The Balaban J connectivity index is 2.58. The summed E-state index contributed by atoms with van der Waals surface area (Å²) in [5, 5.41) is 9.71. The van der Waals surface area contributed by atoms with Crippen molar-refractivity contribution in [3.8, 4) is 0 Å². The number of sulfonamides is 1. The molecule has 0 aliphatic carbocycles. The fourth-order valence-corrected chi connectivity index (χ4v) is 2.99. The first-order valence-corrected chi connectivity index (χ1v) is 7.23. The quantitative estimate of drug-likeness (QED) is 0.707. The highest BCUT2D eigenvalue weighted by Crippen LogP contribution is 2.23. The summed E-state index contributed by atoms with van der Waals surface area (Å²) in [6.07, 6.45) is 0.768. The van der Waals surface area contributed by atoms with Gasteiger partial charge < -0.3 is 9.84 Å². The Labute approximate surface area is 102 Å². The molecule has 0 amide bonds. The first kappa shape index (κ1) is 14.4. The zero-order chi connectivity index (χ0) is 13.1. The molecule has 7 heteroatoms. The molecule has 100 valence electrons. The molecular weight excluding hydrogens is 246 g/mol. The molecule has 1 aliphatic heterocycles. The molecule has 1 fully saturated rings. The van der Waals surface area contributed by atoms with E-state index in [0.717, 1.165) is 0 Å². The number of ether oxygens (including phenoxy) is 1. The van der Waals surface area contributed by atoms with E-state index in [1.54, 1.807) is 13.8 Å². The smallest absolute Gasteiger partial charge is 0.322 e. The Bertz CT molecular complexity index is 366. The molecule has 0 saturated carbocycles. The van der Waals surface area contributed by atoms with Crippen LogP contribution in [-0.2, 0) is 19.6 Å². The number of rotatable bonds is 4. The highest BCUT2D eigenvalue weighted by atomic mass is 32.2. The molecule has 0 bridgehead atoms. The van der Waals surface area contributed by atoms with Crippen LogP contribution in [0.5, 0.6) is 0 Å². The van der Waals surface area contributed by atoms with Crippen LogP contribution in [0.25, 0.3) is 0 Å². The predicted octanol–water partition coefficient (Wildman–Crippen LogP) is -0.274. The van der Waals surface area contributed by atoms with Crippen molar-refractivity contribution in [1.29, 1.82) is 0 Å². The summed E-state index contributed by atoms with van der Waals surface area (Å²) in [6.45, 7) is 3.97. The highest BCUT2D eigenvalue weighted by molar-refractivity contribution is 7.89. The van der Waals surface area contributed by atoms with E-state index in [9.17, 15) is 18.3 Å². The Morgan fingerprint density at radius 1 is 1.41 bits per heavy atom. The lowest BCUT2D eigenvalue weighted by atomic mass is 9.95. The van der Waals surface area contributed by atoms with Crippen LogP contribution in [0.15, 0.2) is 0 Å². The van der Waals surface area contributed by atoms with E-state index in [1.165, 1.54) is 4.31 Å². The van der Waals surface area contributed by atoms with E-state index in [1.807, 2.05) is 0 Å². The molecule has 0 spiro atoms. The van der Waals surface area contributed by atoms with Gasteiger partial charge in [0.25, 0.3) is 0 Å². The van der Waals surface area contributed by atoms with Gasteiger partial charge in [0.15, 0.2) is 5.75 Å². The largest absolute Gasteiger partial charge is 0.465 e. The molecule has 0 radical (unpaired) electrons. The van der Waals surface area contributed by atoms with Crippen LogP contribution in [0.1, 0.15) is 26.7 Å². The van der Waals surface area contributed by atoms with Crippen molar-refractivity contribution in [3.63, 3.8) is 0 Å². The third-order valence-corrected chi connectivity index (χ3v) is 4.55. The van der Waals surface area contributed by atoms with Crippen molar-refractivity contribution in [2.24, 2.45) is 0 Å². The van der Waals surface area contributed by atoms with Gasteiger partial charge in [-0.05, 0) is 26.7 Å². The van der Waals surface area contributed by atoms with Gasteiger partial charge in [-0.25, -0.2) is 12.7 Å². The summed E-state index contributed by atoms with van der Waals surface area (Å²) >= 11 is 0. The van der Waals surface area contributed by atoms with Gasteiger partial charge >= 0.3 is 5.97 Å². The minimum Gasteiger partial charge on any atom is -0.465 e. The van der Waals surface area contributed by atoms with Crippen LogP contribution >= 0.6 is 0 Å². The zero-order valence-corrected chi connectivity index (χ0v) is 11.0. The number of hydrogen-bond acceptors (Lipinski definition) is 5. The molecule has 0 aromatic heterocycles. The van der Waals surface area contributed by atoms with Crippen molar-refractivity contribution in [1.82, 2.24) is 4.31 Å². The molecule has 17 heavy (non-hydrogen) atoms. The van der Waals surface area contributed by atoms with Crippen molar-refractivity contribution in [3.05, 3.63) is 0 Å². The van der Waals surface area contributed by atoms with Crippen molar-refractivity contribution < 1.29 is 23.1 Å². The minimum atomic E-state index is -3.61. The lowest BCUT2D eigenvalue weighted by Crippen LogP contribution is -2.46. The standard InChI is InChI=1S/C10H19NO5S/c1-3-16-9(12)8-17(14,15)11-6-4-10(2,13)5-7-11/h13H,3-8H2,1-2H3. The van der Waals surface area contributed by atoms with E-state index >= 15 is 0 Å². The van der Waals surface area contributed by atoms with Gasteiger partial charge in [0, 0.05) is 13.1 Å². The van der Waals surface area contributed by atoms with Crippen LogP contribution in [0.2, 0.25) is 0 Å². The third-order valence-electron chi connectivity index (χ3n) is 2.80. The molecule has 0 aromatic rings. The minimum absolute atomic E-state index is 0.170. The van der Waals surface area contributed by atoms with E-state index < -0.39 is 27.3 Å². The van der Waals surface area contributed by atoms with Crippen LogP contribution in [0, 0.1) is 0 Å². The van der Waals surface area contributed by atoms with Crippen LogP contribution < -0.4 is 0 Å². The van der Waals surface area contributed by atoms with Gasteiger partial charge in [0.2, 0.25) is 10.0 Å². The van der Waals surface area contributed by atoms with Gasteiger partial charge in [-0.15, -0.1) is 0 Å². The molecule has 6 nitrogen and oxygen atoms in total. The van der Waals surface area contributed by atoms with Gasteiger partial charge in [-0.1, -0.05) is 0 Å². The van der Waals surface area contributed by atoms with Crippen molar-refractivity contribution in [2.45, 2.75) is 32.3 Å². The maximum Gasteiger partial charge on any atom is 0.322 e. The fourth-order valence-electron chi connectivity index (χ4n) is 1.69. The Morgan fingerprint density at radius 3 is 2.41 bits per heavy atom. The number of esters is 1. The molecule has 1 rings (SSSR count). The molecule has 0 aromatic carbocycles. The van der Waals surface area contributed by atoms with E-state index in [-0.39, 0.29) is 19.7 Å². The van der Waals surface area contributed by atoms with Crippen molar-refractivity contribution in [2.75, 3.05) is 25.4 Å². The molecular formula is C10H19NO5S. The van der Waals surface area contributed by atoms with Crippen molar-refractivity contribution >= 4 is 16.0 Å². The molecule has 1 aliphatic rings. The number of aliphatic hydroxyl groups is 1.